The van der Waals surface area contributed by atoms with Gasteiger partial charge < -0.3 is 14.5 Å². The van der Waals surface area contributed by atoms with E-state index in [-0.39, 0.29) is 37.8 Å². The molecule has 1 saturated heterocycles. The lowest BCUT2D eigenvalue weighted by molar-refractivity contribution is 0.0531. The number of piperazine rings is 1. The molecule has 5 rings (SSSR count). The number of halogens is 1. The number of nitrogens with zero attached hydrogens (tertiary/aromatic N) is 5. The highest BCUT2D eigenvalue weighted by atomic mass is 19.1. The van der Waals surface area contributed by atoms with Crippen LogP contribution < -0.4 is 10.3 Å². The Kier molecular flexibility index (Phi) is 6.16. The van der Waals surface area contributed by atoms with Gasteiger partial charge in [-0.1, -0.05) is 12.1 Å². The molecule has 0 saturated carbocycles. The molecule has 2 aromatic carbocycles. The first-order chi connectivity index (χ1) is 17.5. The molecule has 9 nitrogen and oxygen atoms in total. The van der Waals surface area contributed by atoms with Crippen LogP contribution in [0.5, 0.6) is 5.75 Å². The summed E-state index contributed by atoms with van der Waals surface area (Å²) in [6.07, 6.45) is 1.55. The number of carbonyl (C=O) groups excluding carboxylic acids is 2. The van der Waals surface area contributed by atoms with Gasteiger partial charge >= 0.3 is 0 Å². The number of benzene rings is 2. The van der Waals surface area contributed by atoms with Gasteiger partial charge in [0.2, 0.25) is 0 Å². The molecular weight excluding hydrogens is 465 g/mol. The second kappa shape index (κ2) is 9.57. The maximum Gasteiger partial charge on any atom is 0.288 e. The Morgan fingerprint density at radius 2 is 1.56 bits per heavy atom. The zero-order valence-electron chi connectivity index (χ0n) is 19.4. The normalized spacial score (nSPS) is 13.6. The van der Waals surface area contributed by atoms with Crippen LogP contribution in [-0.4, -0.2) is 69.4 Å². The van der Waals surface area contributed by atoms with E-state index in [9.17, 15) is 18.8 Å². The Morgan fingerprint density at radius 3 is 2.25 bits per heavy atom. The molecular formula is C26H22FN5O4. The fraction of sp³-hybridized carbons (Fsp3) is 0.192. The number of pyridine rings is 1. The van der Waals surface area contributed by atoms with Crippen LogP contribution in [0.4, 0.5) is 4.39 Å². The monoisotopic (exact) mass is 487 g/mol. The van der Waals surface area contributed by atoms with Crippen LogP contribution >= 0.6 is 0 Å². The van der Waals surface area contributed by atoms with Crippen LogP contribution in [0.3, 0.4) is 0 Å². The minimum absolute atomic E-state index is 0.229. The molecule has 2 aromatic heterocycles. The Balaban J connectivity index is 1.45. The van der Waals surface area contributed by atoms with Crippen molar-refractivity contribution in [1.29, 1.82) is 0 Å². The predicted molar refractivity (Wildman–Crippen MR) is 130 cm³/mol. The van der Waals surface area contributed by atoms with Crippen molar-refractivity contribution in [3.8, 4) is 11.4 Å². The van der Waals surface area contributed by atoms with Crippen molar-refractivity contribution < 1.29 is 18.7 Å². The van der Waals surface area contributed by atoms with Crippen molar-refractivity contribution in [2.45, 2.75) is 0 Å². The summed E-state index contributed by atoms with van der Waals surface area (Å²) >= 11 is 0. The van der Waals surface area contributed by atoms with Crippen molar-refractivity contribution in [3.63, 3.8) is 0 Å². The van der Waals surface area contributed by atoms with Crippen LogP contribution in [0.25, 0.3) is 16.9 Å². The van der Waals surface area contributed by atoms with Gasteiger partial charge in [0.25, 0.3) is 17.4 Å². The van der Waals surface area contributed by atoms with Crippen LogP contribution in [0, 0.1) is 5.82 Å². The largest absolute Gasteiger partial charge is 0.495 e. The lowest BCUT2D eigenvalue weighted by Crippen LogP contribution is -2.51. The maximum absolute atomic E-state index is 13.6. The van der Waals surface area contributed by atoms with Crippen LogP contribution in [0.1, 0.15) is 20.8 Å². The molecule has 4 aromatic rings. The van der Waals surface area contributed by atoms with Crippen LogP contribution in [0.2, 0.25) is 0 Å². The third kappa shape index (κ3) is 4.17. The van der Waals surface area contributed by atoms with Crippen molar-refractivity contribution in [2.75, 3.05) is 33.3 Å². The van der Waals surface area contributed by atoms with Gasteiger partial charge in [0, 0.05) is 37.9 Å². The number of amides is 2. The van der Waals surface area contributed by atoms with Gasteiger partial charge in [-0.15, -0.1) is 0 Å². The van der Waals surface area contributed by atoms with Crippen molar-refractivity contribution >= 4 is 23.0 Å². The quantitative estimate of drug-likeness (QED) is 0.439. The van der Waals surface area contributed by atoms with Crippen molar-refractivity contribution in [3.05, 3.63) is 94.3 Å². The number of rotatable bonds is 4. The predicted octanol–water partition coefficient (Wildman–Crippen LogP) is 2.53. The SMILES string of the molecule is COc1ccccc1-n1c(=O)c(C(=O)N2CCN(C(=O)c3ccc(F)cc3)CC2)nc2cccnc21. The third-order valence-corrected chi connectivity index (χ3v) is 6.09. The fourth-order valence-electron chi connectivity index (χ4n) is 4.23. The highest BCUT2D eigenvalue weighted by Crippen LogP contribution is 2.23. The van der Waals surface area contributed by atoms with Gasteiger partial charge in [-0.05, 0) is 48.5 Å². The summed E-state index contributed by atoms with van der Waals surface area (Å²) in [7, 11) is 1.50. The summed E-state index contributed by atoms with van der Waals surface area (Å²) in [5.74, 6) is -0.735. The highest BCUT2D eigenvalue weighted by molar-refractivity contribution is 5.96. The van der Waals surface area contributed by atoms with E-state index in [2.05, 4.69) is 9.97 Å². The van der Waals surface area contributed by atoms with Crippen molar-refractivity contribution in [2.24, 2.45) is 0 Å². The summed E-state index contributed by atoms with van der Waals surface area (Å²) in [6.45, 7) is 1.01. The first-order valence-electron chi connectivity index (χ1n) is 11.3. The number of fused-ring (bicyclic) bond motifs is 1. The minimum atomic E-state index is -0.611. The van der Waals surface area contributed by atoms with E-state index in [1.165, 1.54) is 40.8 Å². The average Bonchev–Trinajstić information content (AvgIpc) is 2.92. The number of methoxy groups -OCH3 is 1. The van der Waals surface area contributed by atoms with Crippen LogP contribution in [0.15, 0.2) is 71.7 Å². The maximum atomic E-state index is 13.6. The zero-order valence-corrected chi connectivity index (χ0v) is 19.4. The third-order valence-electron chi connectivity index (χ3n) is 6.09. The number of hydrogen-bond acceptors (Lipinski definition) is 6. The molecule has 0 aliphatic carbocycles. The molecule has 0 spiro atoms. The number of carbonyl (C=O) groups is 2. The van der Waals surface area contributed by atoms with Crippen molar-refractivity contribution in [1.82, 2.24) is 24.3 Å². The standard InChI is InChI=1S/C26H22FN5O4/c1-36-21-7-3-2-6-20(21)32-23-19(5-4-12-28-23)29-22(26(32)35)25(34)31-15-13-30(14-16-31)24(33)17-8-10-18(27)11-9-17/h2-12H,13-16H2,1H3. The Labute approximate surface area is 205 Å². The Bertz CT molecular complexity index is 1510. The average molecular weight is 487 g/mol. The van der Waals surface area contributed by atoms with Gasteiger partial charge in [-0.25, -0.2) is 14.4 Å². The van der Waals surface area contributed by atoms with Crippen LogP contribution in [-0.2, 0) is 0 Å². The molecule has 3 heterocycles. The lowest BCUT2D eigenvalue weighted by Gasteiger charge is -2.34. The Hall–Kier alpha value is -4.60. The number of ether oxygens (including phenoxy) is 1. The first kappa shape index (κ1) is 23.2. The fourth-order valence-corrected chi connectivity index (χ4v) is 4.23. The van der Waals surface area contributed by atoms with Gasteiger partial charge in [0.05, 0.1) is 12.8 Å². The molecule has 0 bridgehead atoms. The molecule has 1 fully saturated rings. The summed E-state index contributed by atoms with van der Waals surface area (Å²) in [4.78, 5) is 51.5. The van der Waals surface area contributed by atoms with E-state index in [0.29, 0.717) is 28.2 Å². The Morgan fingerprint density at radius 1 is 0.889 bits per heavy atom. The smallest absolute Gasteiger partial charge is 0.288 e. The van der Waals surface area contributed by atoms with E-state index in [1.807, 2.05) is 0 Å². The number of hydrogen-bond donors (Lipinski definition) is 0. The summed E-state index contributed by atoms with van der Waals surface area (Å²) in [5, 5.41) is 0. The molecule has 1 aliphatic heterocycles. The zero-order chi connectivity index (χ0) is 25.2. The van der Waals surface area contributed by atoms with Gasteiger partial charge in [0.15, 0.2) is 11.3 Å². The van der Waals surface area contributed by atoms with E-state index >= 15 is 0 Å². The topological polar surface area (TPSA) is 97.6 Å². The molecule has 0 unspecified atom stereocenters. The second-order valence-corrected chi connectivity index (χ2v) is 8.21. The number of para-hydroxylation sites is 2. The molecule has 0 radical (unpaired) electrons. The van der Waals surface area contributed by atoms with Gasteiger partial charge in [-0.2, -0.15) is 0 Å². The van der Waals surface area contributed by atoms with Gasteiger partial charge in [0.1, 0.15) is 17.1 Å². The highest BCUT2D eigenvalue weighted by Gasteiger charge is 2.29. The minimum Gasteiger partial charge on any atom is -0.495 e. The number of aromatic nitrogens is 3. The molecule has 2 amide bonds. The van der Waals surface area contributed by atoms with E-state index in [0.717, 1.165) is 0 Å². The van der Waals surface area contributed by atoms with Gasteiger partial charge in [-0.3, -0.25) is 19.0 Å². The molecule has 0 atom stereocenters. The molecule has 1 aliphatic rings. The van der Waals surface area contributed by atoms with E-state index < -0.39 is 17.3 Å². The summed E-state index contributed by atoms with van der Waals surface area (Å²) in [6, 6.07) is 15.7. The van der Waals surface area contributed by atoms with E-state index in [4.69, 9.17) is 4.74 Å². The summed E-state index contributed by atoms with van der Waals surface area (Å²) in [5.41, 5.74) is 0.661. The molecule has 10 heteroatoms. The lowest BCUT2D eigenvalue weighted by atomic mass is 10.1. The second-order valence-electron chi connectivity index (χ2n) is 8.21. The van der Waals surface area contributed by atoms with E-state index in [1.54, 1.807) is 47.5 Å². The molecule has 182 valence electrons. The summed E-state index contributed by atoms with van der Waals surface area (Å²) < 4.78 is 20.0. The first-order valence-corrected chi connectivity index (χ1v) is 11.3. The molecule has 0 N–H and O–H groups in total. The molecule has 36 heavy (non-hydrogen) atoms.